The lowest BCUT2D eigenvalue weighted by Gasteiger charge is -2.07. The summed E-state index contributed by atoms with van der Waals surface area (Å²) in [7, 11) is 1.56. The molecule has 0 saturated heterocycles. The van der Waals surface area contributed by atoms with Crippen LogP contribution < -0.4 is 10.5 Å². The van der Waals surface area contributed by atoms with Gasteiger partial charge in [-0.25, -0.2) is 0 Å². The first kappa shape index (κ1) is 9.35. The fraction of sp³-hybridized carbons (Fsp3) is 0.250. The minimum Gasteiger partial charge on any atom is -0.465 e. The number of halogens is 1. The van der Waals surface area contributed by atoms with Gasteiger partial charge in [-0.3, -0.25) is 0 Å². The lowest BCUT2D eigenvalue weighted by Crippen LogP contribution is -2.01. The van der Waals surface area contributed by atoms with Gasteiger partial charge in [-0.15, -0.1) is 0 Å². The van der Waals surface area contributed by atoms with E-state index >= 15 is 0 Å². The summed E-state index contributed by atoms with van der Waals surface area (Å²) < 4.78 is 10.8. The van der Waals surface area contributed by atoms with Crippen molar-refractivity contribution < 1.29 is 9.47 Å². The molecular weight excluding hydrogens is 222 g/mol. The topological polar surface area (TPSA) is 44.5 Å². The summed E-state index contributed by atoms with van der Waals surface area (Å²) in [6, 6.07) is 5.44. The number of benzene rings is 1. The molecule has 0 aliphatic heterocycles. The highest BCUT2D eigenvalue weighted by Gasteiger charge is 1.99. The minimum absolute atomic E-state index is 0.214. The molecule has 0 atom stereocenters. The third-order valence-electron chi connectivity index (χ3n) is 1.30. The van der Waals surface area contributed by atoms with Gasteiger partial charge in [0.05, 0.1) is 5.69 Å². The van der Waals surface area contributed by atoms with Crippen LogP contribution in [0.25, 0.3) is 0 Å². The molecule has 4 heteroatoms. The van der Waals surface area contributed by atoms with Crippen molar-refractivity contribution >= 4 is 21.6 Å². The number of ether oxygens (including phenoxy) is 2. The SMILES string of the molecule is COCOc1ccc(Br)cc1N. The van der Waals surface area contributed by atoms with Gasteiger partial charge in [0, 0.05) is 11.6 Å². The molecule has 66 valence electrons. The molecule has 0 aromatic heterocycles. The fourth-order valence-corrected chi connectivity index (χ4v) is 1.15. The van der Waals surface area contributed by atoms with Gasteiger partial charge in [0.25, 0.3) is 0 Å². The number of hydrogen-bond donors (Lipinski definition) is 1. The molecule has 12 heavy (non-hydrogen) atoms. The molecule has 0 saturated carbocycles. The highest BCUT2D eigenvalue weighted by Crippen LogP contribution is 2.24. The quantitative estimate of drug-likeness (QED) is 0.640. The Morgan fingerprint density at radius 1 is 1.50 bits per heavy atom. The molecule has 0 bridgehead atoms. The van der Waals surface area contributed by atoms with Gasteiger partial charge < -0.3 is 15.2 Å². The van der Waals surface area contributed by atoms with E-state index in [1.807, 2.05) is 6.07 Å². The zero-order chi connectivity index (χ0) is 8.97. The van der Waals surface area contributed by atoms with Crippen molar-refractivity contribution in [1.29, 1.82) is 0 Å². The van der Waals surface area contributed by atoms with E-state index in [9.17, 15) is 0 Å². The number of hydrogen-bond acceptors (Lipinski definition) is 3. The second-order valence-electron chi connectivity index (χ2n) is 2.23. The van der Waals surface area contributed by atoms with E-state index in [0.29, 0.717) is 11.4 Å². The second kappa shape index (κ2) is 4.33. The summed E-state index contributed by atoms with van der Waals surface area (Å²) in [5.41, 5.74) is 6.25. The molecule has 2 N–H and O–H groups in total. The van der Waals surface area contributed by atoms with Crippen molar-refractivity contribution in [2.24, 2.45) is 0 Å². The van der Waals surface area contributed by atoms with E-state index in [0.717, 1.165) is 4.47 Å². The molecule has 0 aliphatic rings. The Bertz CT molecular complexity index is 265. The van der Waals surface area contributed by atoms with Crippen LogP contribution in [0.3, 0.4) is 0 Å². The molecule has 0 heterocycles. The van der Waals surface area contributed by atoms with Crippen LogP contribution in [0.2, 0.25) is 0 Å². The summed E-state index contributed by atoms with van der Waals surface area (Å²) in [4.78, 5) is 0. The molecule has 0 unspecified atom stereocenters. The Kier molecular flexibility index (Phi) is 3.37. The predicted octanol–water partition coefficient (Wildman–Crippen LogP) is 2.01. The Morgan fingerprint density at radius 2 is 2.25 bits per heavy atom. The maximum Gasteiger partial charge on any atom is 0.188 e. The molecule has 1 aromatic rings. The molecule has 3 nitrogen and oxygen atoms in total. The van der Waals surface area contributed by atoms with E-state index in [-0.39, 0.29) is 6.79 Å². The average molecular weight is 232 g/mol. The van der Waals surface area contributed by atoms with Crippen molar-refractivity contribution in [3.63, 3.8) is 0 Å². The monoisotopic (exact) mass is 231 g/mol. The van der Waals surface area contributed by atoms with Crippen molar-refractivity contribution in [2.45, 2.75) is 0 Å². The fourth-order valence-electron chi connectivity index (χ4n) is 0.773. The lowest BCUT2D eigenvalue weighted by molar-refractivity contribution is 0.0516. The Morgan fingerprint density at radius 3 is 2.83 bits per heavy atom. The number of methoxy groups -OCH3 is 1. The molecule has 1 aromatic carbocycles. The number of nitrogens with two attached hydrogens (primary N) is 1. The van der Waals surface area contributed by atoms with Crippen molar-refractivity contribution in [2.75, 3.05) is 19.6 Å². The maximum atomic E-state index is 5.65. The summed E-state index contributed by atoms with van der Waals surface area (Å²) in [5, 5.41) is 0. The molecule has 0 amide bonds. The van der Waals surface area contributed by atoms with E-state index in [1.54, 1.807) is 19.2 Å². The van der Waals surface area contributed by atoms with Crippen LogP contribution in [-0.4, -0.2) is 13.9 Å². The van der Waals surface area contributed by atoms with Crippen molar-refractivity contribution in [3.8, 4) is 5.75 Å². The summed E-state index contributed by atoms with van der Waals surface area (Å²) in [5.74, 6) is 0.639. The highest BCUT2D eigenvalue weighted by molar-refractivity contribution is 9.10. The zero-order valence-electron chi connectivity index (χ0n) is 6.71. The summed E-state index contributed by atoms with van der Waals surface area (Å²) in [6.45, 7) is 0.214. The molecule has 0 radical (unpaired) electrons. The second-order valence-corrected chi connectivity index (χ2v) is 3.15. The minimum atomic E-state index is 0.214. The predicted molar refractivity (Wildman–Crippen MR) is 51.1 cm³/mol. The van der Waals surface area contributed by atoms with E-state index in [1.165, 1.54) is 0 Å². The average Bonchev–Trinajstić information content (AvgIpc) is 2.03. The first-order chi connectivity index (χ1) is 5.74. The van der Waals surface area contributed by atoms with Gasteiger partial charge >= 0.3 is 0 Å². The van der Waals surface area contributed by atoms with Crippen LogP contribution >= 0.6 is 15.9 Å². The maximum absolute atomic E-state index is 5.65. The molecule has 1 rings (SSSR count). The molecule has 0 spiro atoms. The van der Waals surface area contributed by atoms with Crippen LogP contribution in [-0.2, 0) is 4.74 Å². The van der Waals surface area contributed by atoms with Gasteiger partial charge in [-0.2, -0.15) is 0 Å². The molecule has 0 fully saturated rings. The zero-order valence-corrected chi connectivity index (χ0v) is 8.30. The van der Waals surface area contributed by atoms with Crippen LogP contribution in [0.4, 0.5) is 5.69 Å². The number of anilines is 1. The van der Waals surface area contributed by atoms with E-state index in [2.05, 4.69) is 15.9 Å². The Hall–Kier alpha value is -0.740. The molecular formula is C8H10BrNO2. The highest BCUT2D eigenvalue weighted by atomic mass is 79.9. The van der Waals surface area contributed by atoms with Gasteiger partial charge in [0.2, 0.25) is 0 Å². The summed E-state index contributed by atoms with van der Waals surface area (Å²) in [6.07, 6.45) is 0. The first-order valence-corrected chi connectivity index (χ1v) is 4.20. The van der Waals surface area contributed by atoms with Crippen molar-refractivity contribution in [3.05, 3.63) is 22.7 Å². The third kappa shape index (κ3) is 2.39. The van der Waals surface area contributed by atoms with E-state index in [4.69, 9.17) is 15.2 Å². The van der Waals surface area contributed by atoms with Gasteiger partial charge in [0.1, 0.15) is 5.75 Å². The van der Waals surface area contributed by atoms with Crippen LogP contribution in [0, 0.1) is 0 Å². The van der Waals surface area contributed by atoms with E-state index < -0.39 is 0 Å². The molecule has 0 aliphatic carbocycles. The Balaban J connectivity index is 2.72. The number of nitrogen functional groups attached to an aromatic ring is 1. The first-order valence-electron chi connectivity index (χ1n) is 3.41. The van der Waals surface area contributed by atoms with Gasteiger partial charge in [0.15, 0.2) is 6.79 Å². The Labute approximate surface area is 79.6 Å². The van der Waals surface area contributed by atoms with Crippen LogP contribution in [0.5, 0.6) is 5.75 Å². The summed E-state index contributed by atoms with van der Waals surface area (Å²) >= 11 is 3.30. The largest absolute Gasteiger partial charge is 0.465 e. The lowest BCUT2D eigenvalue weighted by atomic mass is 10.3. The van der Waals surface area contributed by atoms with Crippen molar-refractivity contribution in [1.82, 2.24) is 0 Å². The van der Waals surface area contributed by atoms with Gasteiger partial charge in [-0.05, 0) is 18.2 Å². The normalized spacial score (nSPS) is 9.83. The third-order valence-corrected chi connectivity index (χ3v) is 1.80. The standard InChI is InChI=1S/C8H10BrNO2/c1-11-5-12-8-3-2-6(9)4-7(8)10/h2-4H,5,10H2,1H3. The van der Waals surface area contributed by atoms with Crippen LogP contribution in [0.15, 0.2) is 22.7 Å². The number of rotatable bonds is 3. The van der Waals surface area contributed by atoms with Gasteiger partial charge in [-0.1, -0.05) is 15.9 Å². The van der Waals surface area contributed by atoms with Crippen LogP contribution in [0.1, 0.15) is 0 Å². The smallest absolute Gasteiger partial charge is 0.188 e.